The van der Waals surface area contributed by atoms with E-state index in [4.69, 9.17) is 16.2 Å². The second-order valence-corrected chi connectivity index (χ2v) is 3.66. The quantitative estimate of drug-likeness (QED) is 0.810. The first-order valence-corrected chi connectivity index (χ1v) is 5.26. The van der Waals surface area contributed by atoms with Crippen LogP contribution in [-0.4, -0.2) is 21.9 Å². The average Bonchev–Trinajstić information content (AvgIpc) is 2.73. The van der Waals surface area contributed by atoms with Crippen molar-refractivity contribution >= 4 is 11.5 Å². The molecule has 2 heterocycles. The van der Waals surface area contributed by atoms with Gasteiger partial charge in [-0.25, -0.2) is 4.98 Å². The summed E-state index contributed by atoms with van der Waals surface area (Å²) in [6, 6.07) is 1.79. The van der Waals surface area contributed by atoms with Gasteiger partial charge in [-0.3, -0.25) is 4.68 Å². The number of pyridine rings is 1. The Labute approximate surface area is 99.2 Å². The number of nitrogens with zero attached hydrogens (tertiary/aromatic N) is 3. The maximum absolute atomic E-state index is 5.82. The summed E-state index contributed by atoms with van der Waals surface area (Å²) in [6.45, 7) is 0.684. The molecule has 0 unspecified atom stereocenters. The second-order valence-electron chi connectivity index (χ2n) is 3.66. The minimum Gasteiger partial charge on any atom is -0.496 e. The predicted molar refractivity (Wildman–Crippen MR) is 65.5 cm³/mol. The van der Waals surface area contributed by atoms with Gasteiger partial charge in [-0.1, -0.05) is 0 Å². The van der Waals surface area contributed by atoms with E-state index in [-0.39, 0.29) is 0 Å². The molecule has 0 atom stereocenters. The zero-order chi connectivity index (χ0) is 12.3. The van der Waals surface area contributed by atoms with Crippen molar-refractivity contribution in [1.29, 1.82) is 0 Å². The van der Waals surface area contributed by atoms with Crippen molar-refractivity contribution in [3.8, 4) is 5.75 Å². The molecule has 0 saturated heterocycles. The van der Waals surface area contributed by atoms with Crippen LogP contribution in [-0.2, 0) is 13.0 Å². The van der Waals surface area contributed by atoms with Crippen LogP contribution in [0.25, 0.3) is 0 Å². The summed E-state index contributed by atoms with van der Waals surface area (Å²) in [7, 11) is 1.62. The lowest BCUT2D eigenvalue weighted by atomic mass is 10.1. The molecule has 2 aromatic rings. The molecule has 6 heteroatoms. The number of methoxy groups -OCH3 is 1. The highest BCUT2D eigenvalue weighted by atomic mass is 16.5. The number of hydrogen-bond acceptors (Lipinski definition) is 5. The number of aryl methyl sites for hydroxylation is 1. The van der Waals surface area contributed by atoms with Crippen molar-refractivity contribution in [3.05, 3.63) is 30.2 Å². The van der Waals surface area contributed by atoms with E-state index in [1.807, 2.05) is 0 Å². The fourth-order valence-corrected chi connectivity index (χ4v) is 1.66. The van der Waals surface area contributed by atoms with E-state index in [2.05, 4.69) is 10.1 Å². The molecule has 0 spiro atoms. The third-order valence-electron chi connectivity index (χ3n) is 2.51. The summed E-state index contributed by atoms with van der Waals surface area (Å²) >= 11 is 0. The van der Waals surface area contributed by atoms with E-state index in [9.17, 15) is 0 Å². The van der Waals surface area contributed by atoms with Gasteiger partial charge in [-0.2, -0.15) is 5.10 Å². The first kappa shape index (κ1) is 11.3. The number of hydrogen-bond donors (Lipinski definition) is 2. The van der Waals surface area contributed by atoms with Gasteiger partial charge in [0, 0.05) is 24.5 Å². The largest absolute Gasteiger partial charge is 0.496 e. The minimum absolute atomic E-state index is 0.490. The zero-order valence-corrected chi connectivity index (χ0v) is 9.63. The molecule has 0 radical (unpaired) electrons. The molecule has 90 valence electrons. The molecule has 0 aromatic carbocycles. The van der Waals surface area contributed by atoms with Crippen LogP contribution in [0.1, 0.15) is 5.56 Å². The van der Waals surface area contributed by atoms with E-state index in [1.165, 1.54) is 0 Å². The average molecular weight is 233 g/mol. The van der Waals surface area contributed by atoms with Crippen molar-refractivity contribution in [2.45, 2.75) is 13.0 Å². The lowest BCUT2D eigenvalue weighted by molar-refractivity contribution is 0.407. The standard InChI is InChI=1S/C11H15N5O/c1-17-10-2-4-14-11(13)9(10)3-5-16-7-8(12)6-15-16/h2,4,6-7H,3,5,12H2,1H3,(H2,13,14). The van der Waals surface area contributed by atoms with Crippen LogP contribution in [0.4, 0.5) is 11.5 Å². The van der Waals surface area contributed by atoms with E-state index in [0.29, 0.717) is 24.5 Å². The SMILES string of the molecule is COc1ccnc(N)c1CCn1cc(N)cn1. The molecule has 0 aliphatic rings. The smallest absolute Gasteiger partial charge is 0.130 e. The number of ether oxygens (including phenoxy) is 1. The number of anilines is 2. The molecular formula is C11H15N5O. The van der Waals surface area contributed by atoms with Crippen molar-refractivity contribution < 1.29 is 4.74 Å². The highest BCUT2D eigenvalue weighted by molar-refractivity contribution is 5.48. The minimum atomic E-state index is 0.490. The van der Waals surface area contributed by atoms with Gasteiger partial charge in [0.25, 0.3) is 0 Å². The van der Waals surface area contributed by atoms with Gasteiger partial charge in [0.05, 0.1) is 19.0 Å². The van der Waals surface area contributed by atoms with Gasteiger partial charge in [-0.05, 0) is 12.5 Å². The molecule has 0 amide bonds. The molecule has 4 N–H and O–H groups in total. The van der Waals surface area contributed by atoms with Crippen LogP contribution < -0.4 is 16.2 Å². The number of nitrogen functional groups attached to an aromatic ring is 2. The van der Waals surface area contributed by atoms with Crippen molar-refractivity contribution in [2.75, 3.05) is 18.6 Å². The highest BCUT2D eigenvalue weighted by Crippen LogP contribution is 2.22. The Morgan fingerprint density at radius 3 is 2.88 bits per heavy atom. The lowest BCUT2D eigenvalue weighted by Crippen LogP contribution is -2.06. The molecule has 2 rings (SSSR count). The van der Waals surface area contributed by atoms with Gasteiger partial charge >= 0.3 is 0 Å². The Hall–Kier alpha value is -2.24. The molecule has 17 heavy (non-hydrogen) atoms. The summed E-state index contributed by atoms with van der Waals surface area (Å²) in [5.74, 6) is 1.24. The van der Waals surface area contributed by atoms with Gasteiger partial charge in [0.2, 0.25) is 0 Å². The summed E-state index contributed by atoms with van der Waals surface area (Å²) < 4.78 is 7.01. The first-order valence-electron chi connectivity index (χ1n) is 5.26. The lowest BCUT2D eigenvalue weighted by Gasteiger charge is -2.10. The molecule has 0 aliphatic carbocycles. The van der Waals surface area contributed by atoms with Crippen LogP contribution in [0.15, 0.2) is 24.7 Å². The van der Waals surface area contributed by atoms with E-state index in [0.717, 1.165) is 11.3 Å². The fourth-order valence-electron chi connectivity index (χ4n) is 1.66. The summed E-state index contributed by atoms with van der Waals surface area (Å²) in [4.78, 5) is 4.05. The monoisotopic (exact) mass is 233 g/mol. The molecule has 6 nitrogen and oxygen atoms in total. The van der Waals surface area contributed by atoms with Crippen molar-refractivity contribution in [1.82, 2.24) is 14.8 Å². The summed E-state index contributed by atoms with van der Waals surface area (Å²) in [5.41, 5.74) is 13.0. The molecule has 2 aromatic heterocycles. The Morgan fingerprint density at radius 1 is 1.41 bits per heavy atom. The zero-order valence-electron chi connectivity index (χ0n) is 9.63. The Morgan fingerprint density at radius 2 is 2.24 bits per heavy atom. The van der Waals surface area contributed by atoms with Gasteiger partial charge in [0.1, 0.15) is 11.6 Å². The second kappa shape index (κ2) is 4.73. The number of rotatable bonds is 4. The van der Waals surface area contributed by atoms with E-state index >= 15 is 0 Å². The van der Waals surface area contributed by atoms with Crippen LogP contribution >= 0.6 is 0 Å². The maximum Gasteiger partial charge on any atom is 0.130 e. The molecule has 0 aliphatic heterocycles. The third-order valence-corrected chi connectivity index (χ3v) is 2.51. The van der Waals surface area contributed by atoms with E-state index in [1.54, 1.807) is 36.4 Å². The van der Waals surface area contributed by atoms with Crippen LogP contribution in [0.5, 0.6) is 5.75 Å². The first-order chi connectivity index (χ1) is 8.20. The Bertz CT molecular complexity index is 508. The normalized spacial score (nSPS) is 10.4. The van der Waals surface area contributed by atoms with Crippen LogP contribution in [0.2, 0.25) is 0 Å². The van der Waals surface area contributed by atoms with Crippen LogP contribution in [0.3, 0.4) is 0 Å². The van der Waals surface area contributed by atoms with Crippen molar-refractivity contribution in [2.24, 2.45) is 0 Å². The van der Waals surface area contributed by atoms with Crippen LogP contribution in [0, 0.1) is 0 Å². The molecular weight excluding hydrogens is 218 g/mol. The topological polar surface area (TPSA) is 92.0 Å². The maximum atomic E-state index is 5.82. The molecule has 0 saturated carbocycles. The van der Waals surface area contributed by atoms with Gasteiger partial charge in [-0.15, -0.1) is 0 Å². The Kier molecular flexibility index (Phi) is 3.13. The summed E-state index contributed by atoms with van der Waals surface area (Å²) in [6.07, 6.45) is 5.72. The third kappa shape index (κ3) is 2.47. The summed E-state index contributed by atoms with van der Waals surface area (Å²) in [5, 5.41) is 4.11. The van der Waals surface area contributed by atoms with Crippen molar-refractivity contribution in [3.63, 3.8) is 0 Å². The predicted octanol–water partition coefficient (Wildman–Crippen LogP) is 0.694. The van der Waals surface area contributed by atoms with Gasteiger partial charge in [0.15, 0.2) is 0 Å². The van der Waals surface area contributed by atoms with E-state index < -0.39 is 0 Å². The number of aromatic nitrogens is 3. The highest BCUT2D eigenvalue weighted by Gasteiger charge is 2.08. The molecule has 0 fully saturated rings. The fraction of sp³-hybridized carbons (Fsp3) is 0.273. The van der Waals surface area contributed by atoms with Gasteiger partial charge < -0.3 is 16.2 Å². The molecule has 0 bridgehead atoms. The Balaban J connectivity index is 2.13. The number of nitrogens with two attached hydrogens (primary N) is 2.